The molecule has 1 fully saturated rings. The molecule has 1 aromatic heterocycles. The Bertz CT molecular complexity index is 398. The van der Waals surface area contributed by atoms with E-state index in [4.69, 9.17) is 4.74 Å². The number of carbonyl (C=O) groups is 1. The lowest BCUT2D eigenvalue weighted by Crippen LogP contribution is -2.45. The average molecular weight is 223 g/mol. The molecule has 5 nitrogen and oxygen atoms in total. The summed E-state index contributed by atoms with van der Waals surface area (Å²) in [6.07, 6.45) is 1.70. The Balaban J connectivity index is 2.07. The quantitative estimate of drug-likeness (QED) is 0.744. The van der Waals surface area contributed by atoms with Gasteiger partial charge in [-0.15, -0.1) is 0 Å². The Hall–Kier alpha value is -1.36. The highest BCUT2D eigenvalue weighted by atomic mass is 16.5. The number of carbonyl (C=O) groups excluding carboxylic acids is 1. The van der Waals surface area contributed by atoms with Crippen molar-refractivity contribution < 1.29 is 9.53 Å². The van der Waals surface area contributed by atoms with Gasteiger partial charge in [-0.3, -0.25) is 9.48 Å². The number of rotatable bonds is 2. The summed E-state index contributed by atoms with van der Waals surface area (Å²) in [5.41, 5.74) is 0.782. The minimum atomic E-state index is -0.210. The fraction of sp³-hybridized carbons (Fsp3) is 0.636. The number of aromatic nitrogens is 2. The van der Waals surface area contributed by atoms with Gasteiger partial charge in [-0.25, -0.2) is 0 Å². The van der Waals surface area contributed by atoms with Crippen LogP contribution in [0.5, 0.6) is 0 Å². The van der Waals surface area contributed by atoms with E-state index in [1.165, 1.54) is 0 Å². The van der Waals surface area contributed by atoms with E-state index in [1.54, 1.807) is 15.8 Å². The van der Waals surface area contributed by atoms with Crippen LogP contribution in [0.1, 0.15) is 19.5 Å². The van der Waals surface area contributed by atoms with Crippen LogP contribution in [0, 0.1) is 6.92 Å². The SMILES string of the molecule is Cc1ccnn1CC(=O)N1COCC1(C)C. The highest BCUT2D eigenvalue weighted by Gasteiger charge is 2.36. The first kappa shape index (κ1) is 11.1. The average Bonchev–Trinajstić information content (AvgIpc) is 2.73. The summed E-state index contributed by atoms with van der Waals surface area (Å²) in [5, 5.41) is 4.10. The van der Waals surface area contributed by atoms with E-state index in [2.05, 4.69) is 5.10 Å². The van der Waals surface area contributed by atoms with E-state index in [9.17, 15) is 4.79 Å². The van der Waals surface area contributed by atoms with Crippen LogP contribution in [0.15, 0.2) is 12.3 Å². The summed E-state index contributed by atoms with van der Waals surface area (Å²) in [6, 6.07) is 1.89. The molecule has 0 N–H and O–H groups in total. The molecule has 0 unspecified atom stereocenters. The molecule has 1 saturated heterocycles. The van der Waals surface area contributed by atoms with E-state index in [0.29, 0.717) is 13.3 Å². The van der Waals surface area contributed by atoms with Crippen molar-refractivity contribution in [2.45, 2.75) is 32.9 Å². The lowest BCUT2D eigenvalue weighted by Gasteiger charge is -2.29. The molecule has 5 heteroatoms. The third-order valence-electron chi connectivity index (χ3n) is 2.92. The summed E-state index contributed by atoms with van der Waals surface area (Å²) < 4.78 is 7.02. The lowest BCUT2D eigenvalue weighted by atomic mass is 10.1. The van der Waals surface area contributed by atoms with Crippen LogP contribution in [-0.2, 0) is 16.1 Å². The third kappa shape index (κ3) is 1.95. The highest BCUT2D eigenvalue weighted by Crippen LogP contribution is 2.21. The van der Waals surface area contributed by atoms with Crippen molar-refractivity contribution in [3.05, 3.63) is 18.0 Å². The topological polar surface area (TPSA) is 47.4 Å². The van der Waals surface area contributed by atoms with Crippen LogP contribution < -0.4 is 0 Å². The zero-order valence-corrected chi connectivity index (χ0v) is 9.93. The van der Waals surface area contributed by atoms with Crippen molar-refractivity contribution in [1.82, 2.24) is 14.7 Å². The normalized spacial score (nSPS) is 19.1. The van der Waals surface area contributed by atoms with Crippen LogP contribution in [0.25, 0.3) is 0 Å². The molecule has 2 rings (SSSR count). The second-order valence-electron chi connectivity index (χ2n) is 4.74. The van der Waals surface area contributed by atoms with Gasteiger partial charge in [0.25, 0.3) is 0 Å². The first-order valence-electron chi connectivity index (χ1n) is 5.37. The summed E-state index contributed by atoms with van der Waals surface area (Å²) in [6.45, 7) is 7.21. The summed E-state index contributed by atoms with van der Waals surface area (Å²) in [4.78, 5) is 13.8. The minimum Gasteiger partial charge on any atom is -0.359 e. The Morgan fingerprint density at radius 3 is 2.88 bits per heavy atom. The molecule has 0 bridgehead atoms. The van der Waals surface area contributed by atoms with Crippen molar-refractivity contribution >= 4 is 5.91 Å². The number of amides is 1. The molecule has 1 aromatic rings. The molecule has 0 aromatic carbocycles. The van der Waals surface area contributed by atoms with Crippen LogP contribution >= 0.6 is 0 Å². The zero-order valence-electron chi connectivity index (χ0n) is 9.93. The molecule has 88 valence electrons. The van der Waals surface area contributed by atoms with Crippen molar-refractivity contribution in [3.63, 3.8) is 0 Å². The van der Waals surface area contributed by atoms with Crippen LogP contribution in [-0.4, -0.2) is 39.5 Å². The van der Waals surface area contributed by atoms with E-state index in [-0.39, 0.29) is 18.0 Å². The van der Waals surface area contributed by atoms with Gasteiger partial charge in [0.05, 0.1) is 12.1 Å². The molecule has 0 radical (unpaired) electrons. The molecule has 1 aliphatic rings. The number of nitrogens with zero attached hydrogens (tertiary/aromatic N) is 3. The van der Waals surface area contributed by atoms with Crippen molar-refractivity contribution in [2.75, 3.05) is 13.3 Å². The van der Waals surface area contributed by atoms with Gasteiger partial charge in [0, 0.05) is 11.9 Å². The third-order valence-corrected chi connectivity index (χ3v) is 2.92. The molecule has 0 saturated carbocycles. The molecule has 0 spiro atoms. The standard InChI is InChI=1S/C11H17N3O2/c1-9-4-5-12-14(9)6-10(15)13-8-16-7-11(13,2)3/h4-5H,6-8H2,1-3H3. The fourth-order valence-electron chi connectivity index (χ4n) is 1.83. The van der Waals surface area contributed by atoms with E-state index < -0.39 is 0 Å². The summed E-state index contributed by atoms with van der Waals surface area (Å²) in [7, 11) is 0. The molecule has 1 aliphatic heterocycles. The minimum absolute atomic E-state index is 0.0503. The molecule has 1 amide bonds. The molecule has 0 aliphatic carbocycles. The van der Waals surface area contributed by atoms with Crippen LogP contribution in [0.2, 0.25) is 0 Å². The van der Waals surface area contributed by atoms with Crippen LogP contribution in [0.4, 0.5) is 0 Å². The maximum atomic E-state index is 12.1. The predicted octanol–water partition coefficient (Wildman–Crippen LogP) is 0.786. The van der Waals surface area contributed by atoms with Gasteiger partial charge in [-0.2, -0.15) is 5.10 Å². The molecule has 16 heavy (non-hydrogen) atoms. The fourth-order valence-corrected chi connectivity index (χ4v) is 1.83. The van der Waals surface area contributed by atoms with Crippen molar-refractivity contribution in [1.29, 1.82) is 0 Å². The summed E-state index contributed by atoms with van der Waals surface area (Å²) in [5.74, 6) is 0.0503. The number of ether oxygens (including phenoxy) is 1. The van der Waals surface area contributed by atoms with Gasteiger partial charge in [0.15, 0.2) is 0 Å². The molecular weight excluding hydrogens is 206 g/mol. The first-order valence-corrected chi connectivity index (χ1v) is 5.37. The smallest absolute Gasteiger partial charge is 0.246 e. The second-order valence-corrected chi connectivity index (χ2v) is 4.74. The van der Waals surface area contributed by atoms with Gasteiger partial charge >= 0.3 is 0 Å². The maximum absolute atomic E-state index is 12.1. The van der Waals surface area contributed by atoms with Gasteiger partial charge in [-0.1, -0.05) is 0 Å². The first-order chi connectivity index (χ1) is 7.50. The van der Waals surface area contributed by atoms with Gasteiger partial charge in [0.1, 0.15) is 13.3 Å². The Morgan fingerprint density at radius 1 is 1.62 bits per heavy atom. The maximum Gasteiger partial charge on any atom is 0.246 e. The number of hydrogen-bond acceptors (Lipinski definition) is 3. The predicted molar refractivity (Wildman–Crippen MR) is 58.7 cm³/mol. The second kappa shape index (κ2) is 3.90. The Labute approximate surface area is 95.0 Å². The monoisotopic (exact) mass is 223 g/mol. The summed E-state index contributed by atoms with van der Waals surface area (Å²) >= 11 is 0. The molecular formula is C11H17N3O2. The Morgan fingerprint density at radius 2 is 2.38 bits per heavy atom. The van der Waals surface area contributed by atoms with Gasteiger partial charge in [-0.05, 0) is 26.8 Å². The van der Waals surface area contributed by atoms with Crippen molar-refractivity contribution in [2.24, 2.45) is 0 Å². The highest BCUT2D eigenvalue weighted by molar-refractivity contribution is 5.77. The molecule has 0 atom stereocenters. The largest absolute Gasteiger partial charge is 0.359 e. The number of hydrogen-bond donors (Lipinski definition) is 0. The lowest BCUT2D eigenvalue weighted by molar-refractivity contribution is -0.136. The Kier molecular flexibility index (Phi) is 2.71. The van der Waals surface area contributed by atoms with E-state index in [0.717, 1.165) is 5.69 Å². The van der Waals surface area contributed by atoms with Crippen molar-refractivity contribution in [3.8, 4) is 0 Å². The van der Waals surface area contributed by atoms with Crippen LogP contribution in [0.3, 0.4) is 0 Å². The van der Waals surface area contributed by atoms with Gasteiger partial charge in [0.2, 0.25) is 5.91 Å². The van der Waals surface area contributed by atoms with E-state index in [1.807, 2.05) is 26.8 Å². The van der Waals surface area contributed by atoms with Gasteiger partial charge < -0.3 is 9.64 Å². The van der Waals surface area contributed by atoms with E-state index >= 15 is 0 Å². The molecule has 2 heterocycles. The number of aryl methyl sites for hydroxylation is 1. The zero-order chi connectivity index (χ0) is 11.8.